The lowest BCUT2D eigenvalue weighted by Gasteiger charge is -2.18. The molecular weight excluding hydrogens is 498 g/mol. The molecule has 1 amide bonds. The van der Waals surface area contributed by atoms with Gasteiger partial charge in [-0.05, 0) is 68.8 Å². The summed E-state index contributed by atoms with van der Waals surface area (Å²) in [4.78, 5) is 35.9. The number of benzene rings is 3. The molecule has 8 heteroatoms. The highest BCUT2D eigenvalue weighted by molar-refractivity contribution is 5.95. The maximum Gasteiger partial charge on any atom is 0.340 e. The van der Waals surface area contributed by atoms with Crippen molar-refractivity contribution < 1.29 is 33.3 Å². The van der Waals surface area contributed by atoms with E-state index in [9.17, 15) is 14.4 Å². The number of ether oxygens (including phenoxy) is 4. The molecular formula is C31H37NO7. The van der Waals surface area contributed by atoms with Crippen molar-refractivity contribution in [1.82, 2.24) is 5.32 Å². The summed E-state index contributed by atoms with van der Waals surface area (Å²) >= 11 is 0. The first-order valence-corrected chi connectivity index (χ1v) is 13.1. The highest BCUT2D eigenvalue weighted by atomic mass is 16.6. The quantitative estimate of drug-likeness (QED) is 0.222. The fourth-order valence-corrected chi connectivity index (χ4v) is 3.27. The number of hydrogen-bond donors (Lipinski definition) is 1. The smallest absolute Gasteiger partial charge is 0.340 e. The Hall–Kier alpha value is -4.33. The summed E-state index contributed by atoms with van der Waals surface area (Å²) < 4.78 is 21.1. The Morgan fingerprint density at radius 2 is 1.23 bits per heavy atom. The summed E-state index contributed by atoms with van der Waals surface area (Å²) in [6, 6.07) is 22.6. The summed E-state index contributed by atoms with van der Waals surface area (Å²) in [5.74, 6) is 0.227. The number of nitrogens with one attached hydrogen (secondary N) is 1. The predicted octanol–water partition coefficient (Wildman–Crippen LogP) is 6.06. The maximum absolute atomic E-state index is 12.3. The summed E-state index contributed by atoms with van der Waals surface area (Å²) in [6.45, 7) is 9.14. The van der Waals surface area contributed by atoms with Gasteiger partial charge in [-0.1, -0.05) is 44.2 Å². The lowest BCUT2D eigenvalue weighted by Crippen LogP contribution is -2.37. The second-order valence-corrected chi connectivity index (χ2v) is 8.20. The van der Waals surface area contributed by atoms with Crippen molar-refractivity contribution in [3.63, 3.8) is 0 Å². The third kappa shape index (κ3) is 10.9. The zero-order valence-corrected chi connectivity index (χ0v) is 23.0. The van der Waals surface area contributed by atoms with Gasteiger partial charge in [0.2, 0.25) is 0 Å². The number of amides is 1. The highest BCUT2D eigenvalue weighted by Crippen LogP contribution is 2.16. The molecule has 0 aliphatic rings. The lowest BCUT2D eigenvalue weighted by molar-refractivity contribution is 0.0206. The van der Waals surface area contributed by atoms with Crippen LogP contribution in [0.25, 0.3) is 0 Å². The first kappa shape index (κ1) is 30.9. The molecule has 208 valence electrons. The number of hydrogen-bond acceptors (Lipinski definition) is 7. The van der Waals surface area contributed by atoms with E-state index in [0.717, 1.165) is 6.42 Å². The molecule has 0 bridgehead atoms. The van der Waals surface area contributed by atoms with Crippen molar-refractivity contribution in [2.24, 2.45) is 0 Å². The number of carbonyl (C=O) groups is 3. The molecule has 0 saturated carbocycles. The average molecular weight is 536 g/mol. The van der Waals surface area contributed by atoms with Crippen LogP contribution in [-0.4, -0.2) is 43.9 Å². The first-order chi connectivity index (χ1) is 18.9. The van der Waals surface area contributed by atoms with Crippen molar-refractivity contribution in [3.8, 4) is 11.5 Å². The van der Waals surface area contributed by atoms with E-state index in [1.54, 1.807) is 66.7 Å². The van der Waals surface area contributed by atoms with E-state index in [0.29, 0.717) is 54.4 Å². The van der Waals surface area contributed by atoms with Crippen molar-refractivity contribution >= 4 is 17.8 Å². The monoisotopic (exact) mass is 535 g/mol. The van der Waals surface area contributed by atoms with Gasteiger partial charge >= 0.3 is 11.9 Å². The van der Waals surface area contributed by atoms with Crippen LogP contribution >= 0.6 is 0 Å². The third-order valence-electron chi connectivity index (χ3n) is 5.15. The van der Waals surface area contributed by atoms with E-state index in [-0.39, 0.29) is 11.9 Å². The summed E-state index contributed by atoms with van der Waals surface area (Å²) in [5, 5.41) is 2.71. The average Bonchev–Trinajstić information content (AvgIpc) is 2.97. The minimum Gasteiger partial charge on any atom is -0.494 e. The van der Waals surface area contributed by atoms with Crippen LogP contribution < -0.4 is 14.8 Å². The molecule has 0 heterocycles. The molecule has 1 atom stereocenters. The van der Waals surface area contributed by atoms with E-state index in [1.807, 2.05) is 39.8 Å². The number of carbonyl (C=O) groups excluding carboxylic acids is 3. The van der Waals surface area contributed by atoms with Gasteiger partial charge in [0, 0.05) is 12.0 Å². The molecule has 0 aliphatic heterocycles. The topological polar surface area (TPSA) is 100 Å². The van der Waals surface area contributed by atoms with Gasteiger partial charge in [0.15, 0.2) is 6.23 Å². The molecule has 1 unspecified atom stereocenters. The first-order valence-electron chi connectivity index (χ1n) is 13.1. The maximum atomic E-state index is 12.3. The van der Waals surface area contributed by atoms with E-state index < -0.39 is 12.2 Å². The standard InChI is InChI=1S/C19H21NO4.C12H16O3/c1-3-17(20-18(21)14-9-6-5-7-10-14)24-19(22)15-11-8-12-16(13-15)23-4-2;1-3-8-15-12(13)10-6-5-7-11(9-10)14-4-2/h5-13,17H,3-4H2,1-2H3,(H,20,21);5-7,9H,3-4,8H2,1-2H3. The van der Waals surface area contributed by atoms with Crippen LogP contribution in [0.3, 0.4) is 0 Å². The van der Waals surface area contributed by atoms with Gasteiger partial charge in [-0.15, -0.1) is 0 Å². The van der Waals surface area contributed by atoms with Gasteiger partial charge in [0.05, 0.1) is 30.9 Å². The second-order valence-electron chi connectivity index (χ2n) is 8.20. The van der Waals surface area contributed by atoms with Crippen molar-refractivity contribution in [1.29, 1.82) is 0 Å². The SMILES string of the molecule is CCCOC(=O)c1cccc(OCC)c1.CCOc1cccc(C(=O)OC(CC)NC(=O)c2ccccc2)c1. The Morgan fingerprint density at radius 1 is 0.692 bits per heavy atom. The molecule has 0 aromatic heterocycles. The molecule has 3 aromatic rings. The zero-order chi connectivity index (χ0) is 28.5. The minimum absolute atomic E-state index is 0.279. The van der Waals surface area contributed by atoms with Gasteiger partial charge in [-0.25, -0.2) is 9.59 Å². The van der Waals surface area contributed by atoms with Gasteiger partial charge in [0.1, 0.15) is 11.5 Å². The Bertz CT molecular complexity index is 1180. The summed E-state index contributed by atoms with van der Waals surface area (Å²) in [6.07, 6.45) is 0.604. The van der Waals surface area contributed by atoms with Gasteiger partial charge in [-0.3, -0.25) is 4.79 Å². The number of esters is 2. The summed E-state index contributed by atoms with van der Waals surface area (Å²) in [7, 11) is 0. The van der Waals surface area contributed by atoms with Crippen molar-refractivity contribution in [2.75, 3.05) is 19.8 Å². The highest BCUT2D eigenvalue weighted by Gasteiger charge is 2.18. The van der Waals surface area contributed by atoms with E-state index in [2.05, 4.69) is 5.32 Å². The molecule has 0 fully saturated rings. The van der Waals surface area contributed by atoms with Crippen molar-refractivity contribution in [2.45, 2.75) is 46.8 Å². The van der Waals surface area contributed by atoms with Crippen LogP contribution in [-0.2, 0) is 9.47 Å². The van der Waals surface area contributed by atoms with Gasteiger partial charge in [0.25, 0.3) is 5.91 Å². The molecule has 39 heavy (non-hydrogen) atoms. The Labute approximate surface area is 230 Å². The van der Waals surface area contributed by atoms with Crippen LogP contribution in [0.1, 0.15) is 71.6 Å². The van der Waals surface area contributed by atoms with Crippen LogP contribution in [0.2, 0.25) is 0 Å². The van der Waals surface area contributed by atoms with Gasteiger partial charge < -0.3 is 24.3 Å². The van der Waals surface area contributed by atoms with E-state index >= 15 is 0 Å². The minimum atomic E-state index is -0.694. The number of rotatable bonds is 12. The molecule has 0 aliphatic carbocycles. The van der Waals surface area contributed by atoms with E-state index in [4.69, 9.17) is 18.9 Å². The largest absolute Gasteiger partial charge is 0.494 e. The normalized spacial score (nSPS) is 10.8. The van der Waals surface area contributed by atoms with Crippen LogP contribution in [0, 0.1) is 0 Å². The summed E-state index contributed by atoms with van der Waals surface area (Å²) in [5.41, 5.74) is 1.44. The Balaban J connectivity index is 0.000000306. The van der Waals surface area contributed by atoms with Crippen LogP contribution in [0.4, 0.5) is 0 Å². The third-order valence-corrected chi connectivity index (χ3v) is 5.15. The molecule has 1 N–H and O–H groups in total. The van der Waals surface area contributed by atoms with E-state index in [1.165, 1.54) is 0 Å². The molecule has 0 saturated heterocycles. The zero-order valence-electron chi connectivity index (χ0n) is 23.0. The molecule has 3 aromatic carbocycles. The predicted molar refractivity (Wildman–Crippen MR) is 149 cm³/mol. The van der Waals surface area contributed by atoms with Crippen molar-refractivity contribution in [3.05, 3.63) is 95.6 Å². The fourth-order valence-electron chi connectivity index (χ4n) is 3.27. The van der Waals surface area contributed by atoms with Gasteiger partial charge in [-0.2, -0.15) is 0 Å². The Kier molecular flexibility index (Phi) is 13.6. The molecule has 0 spiro atoms. The van der Waals surface area contributed by atoms with Crippen LogP contribution in [0.5, 0.6) is 11.5 Å². The Morgan fingerprint density at radius 3 is 1.74 bits per heavy atom. The molecule has 3 rings (SSSR count). The van der Waals surface area contributed by atoms with Crippen LogP contribution in [0.15, 0.2) is 78.9 Å². The second kappa shape index (κ2) is 17.2. The molecule has 8 nitrogen and oxygen atoms in total. The lowest BCUT2D eigenvalue weighted by atomic mass is 10.2. The fraction of sp³-hybridized carbons (Fsp3) is 0.323. The molecule has 0 radical (unpaired) electrons.